The average molecular weight is 652 g/mol. The summed E-state index contributed by atoms with van der Waals surface area (Å²) >= 11 is 0. The Hall–Kier alpha value is -6.91. The van der Waals surface area contributed by atoms with Gasteiger partial charge in [0, 0.05) is 33.0 Å². The molecule has 0 spiro atoms. The fourth-order valence-corrected chi connectivity index (χ4v) is 7.31. The van der Waals surface area contributed by atoms with Crippen molar-refractivity contribution in [2.24, 2.45) is 0 Å². The largest absolute Gasteiger partial charge is 0.455 e. The highest BCUT2D eigenvalue weighted by molar-refractivity contribution is 6.16. The van der Waals surface area contributed by atoms with E-state index in [0.717, 1.165) is 60.5 Å². The Morgan fingerprint density at radius 1 is 0.333 bits per heavy atom. The number of hydrogen-bond donors (Lipinski definition) is 0. The zero-order valence-corrected chi connectivity index (χ0v) is 27.5. The Morgan fingerprint density at radius 3 is 1.67 bits per heavy atom. The quantitative estimate of drug-likeness (QED) is 0.174. The summed E-state index contributed by atoms with van der Waals surface area (Å²) in [6.07, 6.45) is 0. The number of para-hydroxylation sites is 1. The number of benzene rings is 8. The van der Waals surface area contributed by atoms with Crippen molar-refractivity contribution < 1.29 is 4.42 Å². The van der Waals surface area contributed by atoms with E-state index in [1.807, 2.05) is 48.5 Å². The van der Waals surface area contributed by atoms with Crippen LogP contribution in [0.1, 0.15) is 0 Å². The lowest BCUT2D eigenvalue weighted by Gasteiger charge is -2.12. The van der Waals surface area contributed by atoms with Gasteiger partial charge in [0.2, 0.25) is 0 Å². The van der Waals surface area contributed by atoms with Crippen LogP contribution in [0.2, 0.25) is 0 Å². The standard InChI is InChI=1S/C47H29N3O/c1-3-13-30(14-4-1)31-25-27-32(28-26-31)36-21-11-22-39-43-40(23-12-24-42(43)51-44(36)39)46-48-45(33-15-5-2-6-16-33)49-47(50-46)41-29-34-17-7-8-18-35(34)37-19-9-10-20-38(37)41/h1-29H. The summed E-state index contributed by atoms with van der Waals surface area (Å²) in [5.41, 5.74) is 8.93. The third kappa shape index (κ3) is 4.96. The van der Waals surface area contributed by atoms with Crippen LogP contribution in [-0.2, 0) is 0 Å². The maximum Gasteiger partial charge on any atom is 0.164 e. The van der Waals surface area contributed by atoms with Crippen LogP contribution in [0.4, 0.5) is 0 Å². The van der Waals surface area contributed by atoms with Gasteiger partial charge >= 0.3 is 0 Å². The third-order valence-corrected chi connectivity index (χ3v) is 9.74. The van der Waals surface area contributed by atoms with Gasteiger partial charge in [-0.25, -0.2) is 15.0 Å². The molecule has 0 aliphatic rings. The van der Waals surface area contributed by atoms with Gasteiger partial charge < -0.3 is 4.42 Å². The molecule has 0 fully saturated rings. The van der Waals surface area contributed by atoms with Crippen LogP contribution in [0.25, 0.3) is 99.9 Å². The van der Waals surface area contributed by atoms with Crippen molar-refractivity contribution in [1.82, 2.24) is 15.0 Å². The second-order valence-electron chi connectivity index (χ2n) is 12.8. The molecule has 10 aromatic rings. The Bertz CT molecular complexity index is 2900. The molecular weight excluding hydrogens is 623 g/mol. The summed E-state index contributed by atoms with van der Waals surface area (Å²) < 4.78 is 6.68. The molecule has 4 nitrogen and oxygen atoms in total. The fraction of sp³-hybridized carbons (Fsp3) is 0. The van der Waals surface area contributed by atoms with Crippen molar-refractivity contribution in [2.45, 2.75) is 0 Å². The van der Waals surface area contributed by atoms with Gasteiger partial charge in [0.25, 0.3) is 0 Å². The zero-order chi connectivity index (χ0) is 33.7. The van der Waals surface area contributed by atoms with Gasteiger partial charge in [0.1, 0.15) is 11.2 Å². The summed E-state index contributed by atoms with van der Waals surface area (Å²) in [7, 11) is 0. The van der Waals surface area contributed by atoms with E-state index < -0.39 is 0 Å². The summed E-state index contributed by atoms with van der Waals surface area (Å²) in [6.45, 7) is 0. The van der Waals surface area contributed by atoms with Crippen molar-refractivity contribution in [3.8, 4) is 56.4 Å². The molecule has 4 heteroatoms. The van der Waals surface area contributed by atoms with E-state index in [4.69, 9.17) is 19.4 Å². The van der Waals surface area contributed by atoms with E-state index in [0.29, 0.717) is 17.5 Å². The first-order valence-corrected chi connectivity index (χ1v) is 17.1. The smallest absolute Gasteiger partial charge is 0.164 e. The highest BCUT2D eigenvalue weighted by Crippen LogP contribution is 2.41. The average Bonchev–Trinajstić information content (AvgIpc) is 3.60. The summed E-state index contributed by atoms with van der Waals surface area (Å²) in [6, 6.07) is 60.9. The van der Waals surface area contributed by atoms with Gasteiger partial charge in [-0.2, -0.15) is 0 Å². The van der Waals surface area contributed by atoms with Gasteiger partial charge in [-0.1, -0.05) is 164 Å². The molecule has 0 unspecified atom stereocenters. The van der Waals surface area contributed by atoms with Crippen molar-refractivity contribution in [3.05, 3.63) is 176 Å². The monoisotopic (exact) mass is 651 g/mol. The van der Waals surface area contributed by atoms with Crippen molar-refractivity contribution >= 4 is 43.5 Å². The zero-order valence-electron chi connectivity index (χ0n) is 27.5. The Morgan fingerprint density at radius 2 is 0.882 bits per heavy atom. The number of fused-ring (bicyclic) bond motifs is 6. The molecule has 10 rings (SSSR count). The molecular formula is C47H29N3O. The molecule has 2 aromatic heterocycles. The first-order valence-electron chi connectivity index (χ1n) is 17.1. The molecule has 0 saturated heterocycles. The van der Waals surface area contributed by atoms with Gasteiger partial charge in [-0.3, -0.25) is 0 Å². The third-order valence-electron chi connectivity index (χ3n) is 9.74. The van der Waals surface area contributed by atoms with Crippen LogP contribution in [0.5, 0.6) is 0 Å². The number of nitrogens with zero attached hydrogens (tertiary/aromatic N) is 3. The lowest BCUT2D eigenvalue weighted by molar-refractivity contribution is 0.670. The molecule has 0 N–H and O–H groups in total. The molecule has 0 aliphatic heterocycles. The van der Waals surface area contributed by atoms with Gasteiger partial charge in [-0.05, 0) is 50.4 Å². The lowest BCUT2D eigenvalue weighted by atomic mass is 9.96. The molecule has 0 bridgehead atoms. The molecule has 8 aromatic carbocycles. The van der Waals surface area contributed by atoms with E-state index >= 15 is 0 Å². The number of hydrogen-bond acceptors (Lipinski definition) is 4. The van der Waals surface area contributed by atoms with E-state index in [-0.39, 0.29) is 0 Å². The molecule has 0 amide bonds. The minimum Gasteiger partial charge on any atom is -0.455 e. The van der Waals surface area contributed by atoms with E-state index in [1.54, 1.807) is 0 Å². The van der Waals surface area contributed by atoms with Crippen LogP contribution in [-0.4, -0.2) is 15.0 Å². The Labute approximate surface area is 294 Å². The second kappa shape index (κ2) is 11.9. The Balaban J connectivity index is 1.18. The molecule has 2 heterocycles. The predicted octanol–water partition coefficient (Wildman–Crippen LogP) is 12.4. The van der Waals surface area contributed by atoms with Gasteiger partial charge in [0.05, 0.1) is 0 Å². The van der Waals surface area contributed by atoms with Crippen LogP contribution < -0.4 is 0 Å². The van der Waals surface area contributed by atoms with E-state index in [1.165, 1.54) is 21.9 Å². The summed E-state index contributed by atoms with van der Waals surface area (Å²) in [4.78, 5) is 15.5. The maximum atomic E-state index is 6.68. The molecule has 238 valence electrons. The van der Waals surface area contributed by atoms with E-state index in [2.05, 4.69) is 127 Å². The van der Waals surface area contributed by atoms with Crippen molar-refractivity contribution in [1.29, 1.82) is 0 Å². The number of rotatable bonds is 5. The maximum absolute atomic E-state index is 6.68. The van der Waals surface area contributed by atoms with Gasteiger partial charge in [-0.15, -0.1) is 0 Å². The fourth-order valence-electron chi connectivity index (χ4n) is 7.31. The molecule has 0 radical (unpaired) electrons. The van der Waals surface area contributed by atoms with Crippen LogP contribution in [0.3, 0.4) is 0 Å². The van der Waals surface area contributed by atoms with Crippen LogP contribution >= 0.6 is 0 Å². The second-order valence-corrected chi connectivity index (χ2v) is 12.8. The van der Waals surface area contributed by atoms with Crippen molar-refractivity contribution in [3.63, 3.8) is 0 Å². The number of furan rings is 1. The SMILES string of the molecule is c1ccc(-c2ccc(-c3cccc4c3oc3cccc(-c5nc(-c6ccccc6)nc(-c6cc7ccccc7c7ccccc67)n5)c34)cc2)cc1. The normalized spacial score (nSPS) is 11.5. The molecule has 0 atom stereocenters. The van der Waals surface area contributed by atoms with Crippen LogP contribution in [0, 0.1) is 0 Å². The topological polar surface area (TPSA) is 51.8 Å². The lowest BCUT2D eigenvalue weighted by Crippen LogP contribution is -2.01. The van der Waals surface area contributed by atoms with Crippen molar-refractivity contribution in [2.75, 3.05) is 0 Å². The molecule has 0 saturated carbocycles. The highest BCUT2D eigenvalue weighted by atomic mass is 16.3. The van der Waals surface area contributed by atoms with E-state index in [9.17, 15) is 0 Å². The first kappa shape index (κ1) is 29.0. The Kier molecular flexibility index (Phi) is 6.78. The molecule has 51 heavy (non-hydrogen) atoms. The first-order chi connectivity index (χ1) is 25.3. The minimum absolute atomic E-state index is 0.599. The summed E-state index contributed by atoms with van der Waals surface area (Å²) in [5.74, 6) is 1.85. The predicted molar refractivity (Wildman–Crippen MR) is 209 cm³/mol. The van der Waals surface area contributed by atoms with Crippen LogP contribution in [0.15, 0.2) is 180 Å². The number of aromatic nitrogens is 3. The highest BCUT2D eigenvalue weighted by Gasteiger charge is 2.20. The van der Waals surface area contributed by atoms with Gasteiger partial charge in [0.15, 0.2) is 17.5 Å². The molecule has 0 aliphatic carbocycles. The summed E-state index contributed by atoms with van der Waals surface area (Å²) in [5, 5.41) is 6.61. The minimum atomic E-state index is 0.599.